The van der Waals surface area contributed by atoms with Crippen LogP contribution >= 0.6 is 22.9 Å². The summed E-state index contributed by atoms with van der Waals surface area (Å²) < 4.78 is 27.2. The van der Waals surface area contributed by atoms with E-state index in [4.69, 9.17) is 35.3 Å². The molecule has 0 spiro atoms. The van der Waals surface area contributed by atoms with Gasteiger partial charge >= 0.3 is 23.9 Å². The Hall–Kier alpha value is -3.55. The zero-order chi connectivity index (χ0) is 28.0. The average Bonchev–Trinajstić information content (AvgIpc) is 3.29. The first-order valence-corrected chi connectivity index (χ1v) is 12.5. The number of rotatable bonds is 9. The Bertz CT molecular complexity index is 1200. The summed E-state index contributed by atoms with van der Waals surface area (Å²) in [4.78, 5) is 64.5. The molecule has 12 nitrogen and oxygen atoms in total. The third-order valence-corrected chi connectivity index (χ3v) is 6.27. The van der Waals surface area contributed by atoms with Gasteiger partial charge in [0.1, 0.15) is 12.7 Å². The number of carbonyl (C=O) groups is 5. The van der Waals surface area contributed by atoms with Gasteiger partial charge in [0, 0.05) is 38.3 Å². The molecule has 1 N–H and O–H groups in total. The van der Waals surface area contributed by atoms with Gasteiger partial charge in [0.15, 0.2) is 29.7 Å². The molecule has 2 heterocycles. The van der Waals surface area contributed by atoms with Crippen LogP contribution in [0.2, 0.25) is 5.02 Å². The molecule has 1 aromatic carbocycles. The van der Waals surface area contributed by atoms with Gasteiger partial charge in [-0.3, -0.25) is 24.0 Å². The van der Waals surface area contributed by atoms with Crippen molar-refractivity contribution >= 4 is 57.7 Å². The molecule has 1 aliphatic rings. The number of ketones is 1. The maximum Gasteiger partial charge on any atom is 0.303 e. The second kappa shape index (κ2) is 12.8. The number of nitrogens with one attached hydrogen (secondary N) is 1. The first-order chi connectivity index (χ1) is 17.9. The molecule has 1 aliphatic heterocycles. The van der Waals surface area contributed by atoms with Gasteiger partial charge in [0.05, 0.1) is 11.1 Å². The molecule has 5 atom stereocenters. The molecule has 1 fully saturated rings. The Kier molecular flexibility index (Phi) is 9.78. The summed E-state index contributed by atoms with van der Waals surface area (Å²) in [6.07, 6.45) is -4.89. The lowest BCUT2D eigenvalue weighted by Crippen LogP contribution is -2.64. The summed E-state index contributed by atoms with van der Waals surface area (Å²) in [7, 11) is 0. The number of aromatic nitrogens is 1. The van der Waals surface area contributed by atoms with E-state index in [1.54, 1.807) is 24.3 Å². The largest absolute Gasteiger partial charge is 0.463 e. The third-order valence-electron chi connectivity index (χ3n) is 5.09. The highest BCUT2D eigenvalue weighted by molar-refractivity contribution is 7.17. The highest BCUT2D eigenvalue weighted by atomic mass is 35.5. The van der Waals surface area contributed by atoms with Crippen LogP contribution in [0, 0.1) is 0 Å². The lowest BCUT2D eigenvalue weighted by Gasteiger charge is -2.44. The van der Waals surface area contributed by atoms with Crippen LogP contribution in [0.25, 0.3) is 0 Å². The van der Waals surface area contributed by atoms with Gasteiger partial charge < -0.3 is 29.0 Å². The van der Waals surface area contributed by atoms with Crippen molar-refractivity contribution in [3.05, 3.63) is 45.9 Å². The molecule has 1 aromatic heterocycles. The second-order valence-corrected chi connectivity index (χ2v) is 9.60. The Labute approximate surface area is 226 Å². The van der Waals surface area contributed by atoms with E-state index in [2.05, 4.69) is 10.3 Å². The van der Waals surface area contributed by atoms with Crippen molar-refractivity contribution in [1.82, 2.24) is 4.98 Å². The Morgan fingerprint density at radius 1 is 0.895 bits per heavy atom. The molecule has 3 rings (SSSR count). The van der Waals surface area contributed by atoms with E-state index in [9.17, 15) is 24.0 Å². The number of nitrogens with zero attached hydrogens (tertiary/aromatic N) is 1. The number of ether oxygens (including phenoxy) is 5. The first kappa shape index (κ1) is 29.0. The summed E-state index contributed by atoms with van der Waals surface area (Å²) >= 11 is 6.89. The van der Waals surface area contributed by atoms with Gasteiger partial charge in [-0.2, -0.15) is 0 Å². The standard InChI is InChI=1S/C24H25ClN2O10S/c1-11(28)33-10-17-20(34-12(2)29)21(35-13(3)30)22(36-14(4)31)23(37-17)27-24-26-9-18(38-24)19(32)15-5-7-16(25)8-6-15/h5-9,17,20-23H,10H2,1-4H3,(H,26,27)/t17-,20-,21+,22-,23-/m1/s1. The molecule has 2 aromatic rings. The van der Waals surface area contributed by atoms with E-state index in [-0.39, 0.29) is 17.5 Å². The van der Waals surface area contributed by atoms with Crippen LogP contribution in [-0.2, 0) is 42.9 Å². The van der Waals surface area contributed by atoms with Gasteiger partial charge in [-0.05, 0) is 24.3 Å². The molecular weight excluding hydrogens is 544 g/mol. The van der Waals surface area contributed by atoms with Crippen LogP contribution in [0.5, 0.6) is 0 Å². The minimum atomic E-state index is -1.33. The van der Waals surface area contributed by atoms with E-state index < -0.39 is 54.5 Å². The maximum atomic E-state index is 12.8. The number of hydrogen-bond acceptors (Lipinski definition) is 13. The van der Waals surface area contributed by atoms with Crippen LogP contribution in [0.1, 0.15) is 42.9 Å². The van der Waals surface area contributed by atoms with Crippen LogP contribution in [0.4, 0.5) is 5.13 Å². The summed E-state index contributed by atoms with van der Waals surface area (Å²) in [6.45, 7) is 4.21. The summed E-state index contributed by atoms with van der Waals surface area (Å²) in [5.74, 6) is -3.15. The lowest BCUT2D eigenvalue weighted by atomic mass is 9.97. The van der Waals surface area contributed by atoms with Crippen molar-refractivity contribution in [1.29, 1.82) is 0 Å². The normalized spacial score (nSPS) is 22.6. The summed E-state index contributed by atoms with van der Waals surface area (Å²) in [5.41, 5.74) is 0.400. The number of benzene rings is 1. The average molecular weight is 569 g/mol. The lowest BCUT2D eigenvalue weighted by molar-refractivity contribution is -0.247. The predicted octanol–water partition coefficient (Wildman–Crippen LogP) is 2.52. The summed E-state index contributed by atoms with van der Waals surface area (Å²) in [5, 5.41) is 3.62. The number of carbonyl (C=O) groups excluding carboxylic acids is 5. The van der Waals surface area contributed by atoms with Crippen molar-refractivity contribution < 1.29 is 47.7 Å². The fourth-order valence-corrected chi connectivity index (χ4v) is 4.59. The topological polar surface area (TPSA) is 156 Å². The number of hydrogen-bond donors (Lipinski definition) is 1. The minimum absolute atomic E-state index is 0.211. The molecule has 38 heavy (non-hydrogen) atoms. The zero-order valence-electron chi connectivity index (χ0n) is 20.8. The Morgan fingerprint density at radius 3 is 2.05 bits per heavy atom. The van der Waals surface area contributed by atoms with Gasteiger partial charge in [-0.15, -0.1) is 0 Å². The molecule has 1 saturated heterocycles. The smallest absolute Gasteiger partial charge is 0.303 e. The molecular formula is C24H25ClN2O10S. The quantitative estimate of drug-likeness (QED) is 0.268. The Balaban J connectivity index is 1.92. The van der Waals surface area contributed by atoms with Crippen LogP contribution in [0.15, 0.2) is 30.5 Å². The van der Waals surface area contributed by atoms with E-state index in [0.29, 0.717) is 15.5 Å². The van der Waals surface area contributed by atoms with Gasteiger partial charge in [0.25, 0.3) is 0 Å². The van der Waals surface area contributed by atoms with Crippen LogP contribution in [0.3, 0.4) is 0 Å². The maximum absolute atomic E-state index is 12.8. The number of thiazole rings is 1. The van der Waals surface area contributed by atoms with Gasteiger partial charge in [0.2, 0.25) is 5.78 Å². The van der Waals surface area contributed by atoms with E-state index in [0.717, 1.165) is 32.1 Å². The molecule has 0 saturated carbocycles. The Morgan fingerprint density at radius 2 is 1.47 bits per heavy atom. The molecule has 0 unspecified atom stereocenters. The summed E-state index contributed by atoms with van der Waals surface area (Å²) in [6, 6.07) is 6.34. The van der Waals surface area contributed by atoms with Crippen molar-refractivity contribution in [2.75, 3.05) is 11.9 Å². The molecule has 0 bridgehead atoms. The van der Waals surface area contributed by atoms with Crippen molar-refractivity contribution in [2.45, 2.75) is 58.3 Å². The van der Waals surface area contributed by atoms with Crippen LogP contribution in [-0.4, -0.2) is 71.9 Å². The second-order valence-electron chi connectivity index (χ2n) is 8.13. The fraction of sp³-hybridized carbons (Fsp3) is 0.417. The molecule has 14 heteroatoms. The van der Waals surface area contributed by atoms with Crippen molar-refractivity contribution in [3.8, 4) is 0 Å². The van der Waals surface area contributed by atoms with E-state index in [1.807, 2.05) is 0 Å². The van der Waals surface area contributed by atoms with Crippen molar-refractivity contribution in [2.24, 2.45) is 0 Å². The predicted molar refractivity (Wildman–Crippen MR) is 133 cm³/mol. The van der Waals surface area contributed by atoms with Gasteiger partial charge in [-0.1, -0.05) is 22.9 Å². The highest BCUT2D eigenvalue weighted by Gasteiger charge is 2.52. The number of esters is 4. The number of anilines is 1. The fourth-order valence-electron chi connectivity index (χ4n) is 3.66. The first-order valence-electron chi connectivity index (χ1n) is 11.3. The van der Waals surface area contributed by atoms with Gasteiger partial charge in [-0.25, -0.2) is 4.98 Å². The monoisotopic (exact) mass is 568 g/mol. The molecule has 204 valence electrons. The highest BCUT2D eigenvalue weighted by Crippen LogP contribution is 2.31. The van der Waals surface area contributed by atoms with Crippen LogP contribution < -0.4 is 5.32 Å². The molecule has 0 aliphatic carbocycles. The van der Waals surface area contributed by atoms with E-state index in [1.165, 1.54) is 13.1 Å². The SMILES string of the molecule is CC(=O)OC[C@H]1O[C@@H](Nc2ncc(C(=O)c3ccc(Cl)cc3)s2)[C@H](OC(C)=O)[C@@H](OC(C)=O)[C@@H]1OC(C)=O. The van der Waals surface area contributed by atoms with Crippen molar-refractivity contribution in [3.63, 3.8) is 0 Å². The minimum Gasteiger partial charge on any atom is -0.463 e. The molecule has 0 radical (unpaired) electrons. The number of halogens is 1. The third kappa shape index (κ3) is 7.73. The zero-order valence-corrected chi connectivity index (χ0v) is 22.4. The molecule has 0 amide bonds. The van der Waals surface area contributed by atoms with E-state index >= 15 is 0 Å².